The highest BCUT2D eigenvalue weighted by atomic mass is 127. The lowest BCUT2D eigenvalue weighted by molar-refractivity contribution is -0.139. The number of carbonyl (C=O) groups is 2. The average Bonchev–Trinajstić information content (AvgIpc) is 2.77. The first-order valence-electron chi connectivity index (χ1n) is 9.84. The molecule has 0 atom stereocenters. The Labute approximate surface area is 199 Å². The maximum absolute atomic E-state index is 12.4. The van der Waals surface area contributed by atoms with E-state index in [0.29, 0.717) is 50.9 Å². The Kier molecular flexibility index (Phi) is 10.1. The summed E-state index contributed by atoms with van der Waals surface area (Å²) >= 11 is 2.02. The van der Waals surface area contributed by atoms with Gasteiger partial charge >= 0.3 is 5.97 Å². The third-order valence-corrected chi connectivity index (χ3v) is 4.74. The third-order valence-electron chi connectivity index (χ3n) is 3.94. The highest BCUT2D eigenvalue weighted by Crippen LogP contribution is 2.34. The highest BCUT2D eigenvalue weighted by molar-refractivity contribution is 14.1. The Balaban J connectivity index is 2.12. The number of amides is 1. The molecule has 0 aliphatic rings. The van der Waals surface area contributed by atoms with Gasteiger partial charge in [0.05, 0.1) is 30.1 Å². The van der Waals surface area contributed by atoms with Crippen LogP contribution in [0.3, 0.4) is 0 Å². The summed E-state index contributed by atoms with van der Waals surface area (Å²) in [6, 6.07) is 8.28. The number of aliphatic carboxylic acids is 1. The summed E-state index contributed by atoms with van der Waals surface area (Å²) in [5.74, 6) is 0.260. The molecule has 32 heavy (non-hydrogen) atoms. The number of methoxy groups -OCH3 is 1. The van der Waals surface area contributed by atoms with Gasteiger partial charge in [0, 0.05) is 5.56 Å². The molecule has 0 aliphatic carbocycles. The molecule has 1 amide bonds. The molecule has 2 rings (SSSR count). The number of nitrogens with one attached hydrogen (secondary N) is 1. The van der Waals surface area contributed by atoms with Gasteiger partial charge < -0.3 is 24.1 Å². The molecular formula is C22H25IN2O7. The van der Waals surface area contributed by atoms with Gasteiger partial charge in [-0.15, -0.1) is 0 Å². The second-order valence-corrected chi connectivity index (χ2v) is 7.52. The van der Waals surface area contributed by atoms with E-state index in [9.17, 15) is 9.59 Å². The molecule has 0 aromatic heterocycles. The van der Waals surface area contributed by atoms with Crippen molar-refractivity contribution in [1.82, 2.24) is 5.43 Å². The van der Waals surface area contributed by atoms with Crippen molar-refractivity contribution in [2.75, 3.05) is 26.9 Å². The molecular weight excluding hydrogens is 531 g/mol. The molecule has 0 unspecified atom stereocenters. The predicted molar refractivity (Wildman–Crippen MR) is 127 cm³/mol. The van der Waals surface area contributed by atoms with E-state index in [4.69, 9.17) is 24.1 Å². The number of carbonyl (C=O) groups excluding carboxylic acids is 1. The second-order valence-electron chi connectivity index (χ2n) is 6.36. The van der Waals surface area contributed by atoms with Crippen molar-refractivity contribution in [3.8, 4) is 23.0 Å². The molecule has 9 nitrogen and oxygen atoms in total. The Morgan fingerprint density at radius 3 is 2.53 bits per heavy atom. The number of nitrogens with zero attached hydrogens (tertiary/aromatic N) is 1. The Morgan fingerprint density at radius 2 is 1.88 bits per heavy atom. The molecule has 0 spiro atoms. The largest absolute Gasteiger partial charge is 0.493 e. The van der Waals surface area contributed by atoms with Crippen molar-refractivity contribution >= 4 is 40.7 Å². The van der Waals surface area contributed by atoms with Crippen molar-refractivity contribution in [3.63, 3.8) is 0 Å². The van der Waals surface area contributed by atoms with E-state index in [2.05, 4.69) is 10.5 Å². The van der Waals surface area contributed by atoms with Crippen LogP contribution in [0.1, 0.15) is 36.2 Å². The Bertz CT molecular complexity index is 979. The molecule has 0 aliphatic heterocycles. The minimum Gasteiger partial charge on any atom is -0.493 e. The maximum Gasteiger partial charge on any atom is 0.341 e. The maximum atomic E-state index is 12.4. The number of hydrogen-bond acceptors (Lipinski definition) is 7. The normalized spacial score (nSPS) is 10.6. The van der Waals surface area contributed by atoms with Crippen LogP contribution in [-0.2, 0) is 4.79 Å². The van der Waals surface area contributed by atoms with Gasteiger partial charge in [-0.25, -0.2) is 10.2 Å². The zero-order valence-electron chi connectivity index (χ0n) is 18.0. The van der Waals surface area contributed by atoms with Crippen LogP contribution in [-0.4, -0.2) is 50.1 Å². The average molecular weight is 556 g/mol. The van der Waals surface area contributed by atoms with Gasteiger partial charge in [0.25, 0.3) is 5.91 Å². The summed E-state index contributed by atoms with van der Waals surface area (Å²) in [6.45, 7) is 4.25. The molecule has 0 radical (unpaired) electrons. The smallest absolute Gasteiger partial charge is 0.341 e. The fourth-order valence-electron chi connectivity index (χ4n) is 2.57. The zero-order valence-corrected chi connectivity index (χ0v) is 20.2. The van der Waals surface area contributed by atoms with Crippen molar-refractivity contribution in [1.29, 1.82) is 0 Å². The van der Waals surface area contributed by atoms with Crippen LogP contribution >= 0.6 is 22.6 Å². The van der Waals surface area contributed by atoms with Gasteiger partial charge in [-0.1, -0.05) is 6.92 Å². The van der Waals surface area contributed by atoms with E-state index < -0.39 is 18.5 Å². The second kappa shape index (κ2) is 12.7. The standard InChI is InChI=1S/C22H25IN2O7/c1-4-8-31-17-7-6-15(11-18(17)29-3)22(28)25-24-12-14-9-16(23)21(32-13-20(26)27)19(10-14)30-5-2/h6-7,9-12H,4-5,8,13H2,1-3H3,(H,25,28)(H,26,27)/b24-12+. The highest BCUT2D eigenvalue weighted by Gasteiger charge is 2.14. The van der Waals surface area contributed by atoms with Crippen molar-refractivity contribution < 1.29 is 33.6 Å². The van der Waals surface area contributed by atoms with Gasteiger partial charge in [-0.2, -0.15) is 5.10 Å². The number of halogens is 1. The van der Waals surface area contributed by atoms with Crippen LogP contribution in [0.4, 0.5) is 0 Å². The Morgan fingerprint density at radius 1 is 1.09 bits per heavy atom. The minimum atomic E-state index is -1.09. The topological polar surface area (TPSA) is 116 Å². The van der Waals surface area contributed by atoms with Crippen LogP contribution in [0, 0.1) is 3.57 Å². The lowest BCUT2D eigenvalue weighted by Crippen LogP contribution is -2.17. The third kappa shape index (κ3) is 7.29. The monoisotopic (exact) mass is 556 g/mol. The summed E-state index contributed by atoms with van der Waals surface area (Å²) in [7, 11) is 1.51. The molecule has 0 heterocycles. The van der Waals surface area contributed by atoms with Crippen LogP contribution in [0.15, 0.2) is 35.4 Å². The first-order valence-corrected chi connectivity index (χ1v) is 10.9. The van der Waals surface area contributed by atoms with E-state index in [1.54, 1.807) is 30.3 Å². The molecule has 0 fully saturated rings. The summed E-state index contributed by atoms with van der Waals surface area (Å²) < 4.78 is 22.4. The van der Waals surface area contributed by atoms with Crippen LogP contribution in [0.5, 0.6) is 23.0 Å². The lowest BCUT2D eigenvalue weighted by Gasteiger charge is -2.13. The van der Waals surface area contributed by atoms with Crippen molar-refractivity contribution in [2.24, 2.45) is 5.10 Å². The van der Waals surface area contributed by atoms with Crippen LogP contribution in [0.2, 0.25) is 0 Å². The molecule has 172 valence electrons. The molecule has 0 bridgehead atoms. The van der Waals surface area contributed by atoms with Crippen LogP contribution < -0.4 is 24.4 Å². The number of rotatable bonds is 12. The van der Waals surface area contributed by atoms with E-state index in [-0.39, 0.29) is 0 Å². The molecule has 10 heteroatoms. The number of hydrazone groups is 1. The van der Waals surface area contributed by atoms with Crippen molar-refractivity contribution in [2.45, 2.75) is 20.3 Å². The first-order chi connectivity index (χ1) is 15.4. The number of carboxylic acid groups (broad SMARTS) is 1. The molecule has 0 saturated carbocycles. The SMILES string of the molecule is CCCOc1ccc(C(=O)N/N=C/c2cc(I)c(OCC(=O)O)c(OCC)c2)cc1OC. The molecule has 2 aromatic rings. The zero-order chi connectivity index (χ0) is 23.5. The number of ether oxygens (including phenoxy) is 4. The minimum absolute atomic E-state index is 0.341. The molecule has 2 N–H and O–H groups in total. The van der Waals surface area contributed by atoms with E-state index >= 15 is 0 Å². The summed E-state index contributed by atoms with van der Waals surface area (Å²) in [5, 5.41) is 12.8. The quantitative estimate of drug-likeness (QED) is 0.233. The van der Waals surface area contributed by atoms with Crippen LogP contribution in [0.25, 0.3) is 0 Å². The molecule has 2 aromatic carbocycles. The summed E-state index contributed by atoms with van der Waals surface area (Å²) in [4.78, 5) is 23.2. The number of benzene rings is 2. The first kappa shape index (κ1) is 25.2. The van der Waals surface area contributed by atoms with E-state index in [1.807, 2.05) is 36.4 Å². The van der Waals surface area contributed by atoms with Gasteiger partial charge in [-0.05, 0) is 71.8 Å². The Hall–Kier alpha value is -3.02. The predicted octanol–water partition coefficient (Wildman–Crippen LogP) is 3.71. The fourth-order valence-corrected chi connectivity index (χ4v) is 3.35. The molecule has 0 saturated heterocycles. The van der Waals surface area contributed by atoms with Gasteiger partial charge in [-0.3, -0.25) is 4.79 Å². The van der Waals surface area contributed by atoms with Gasteiger partial charge in [0.15, 0.2) is 29.6 Å². The lowest BCUT2D eigenvalue weighted by atomic mass is 10.2. The van der Waals surface area contributed by atoms with Crippen molar-refractivity contribution in [3.05, 3.63) is 45.0 Å². The van der Waals surface area contributed by atoms with E-state index in [1.165, 1.54) is 13.3 Å². The summed E-state index contributed by atoms with van der Waals surface area (Å²) in [6.07, 6.45) is 2.32. The number of hydrogen-bond donors (Lipinski definition) is 2. The van der Waals surface area contributed by atoms with Gasteiger partial charge in [0.2, 0.25) is 0 Å². The fraction of sp³-hybridized carbons (Fsp3) is 0.318. The number of carboxylic acids is 1. The van der Waals surface area contributed by atoms with Gasteiger partial charge in [0.1, 0.15) is 0 Å². The summed E-state index contributed by atoms with van der Waals surface area (Å²) in [5.41, 5.74) is 3.48. The van der Waals surface area contributed by atoms with E-state index in [0.717, 1.165) is 6.42 Å².